The van der Waals surface area contributed by atoms with E-state index < -0.39 is 0 Å². The smallest absolute Gasteiger partial charge is 0.0571 e. The van der Waals surface area contributed by atoms with Crippen LogP contribution in [0.15, 0.2) is 28.7 Å². The molecule has 0 bridgehead atoms. The first-order valence-corrected chi connectivity index (χ1v) is 5.47. The topological polar surface area (TPSA) is 48.2 Å². The van der Waals surface area contributed by atoms with Crippen LogP contribution in [0.1, 0.15) is 24.3 Å². The summed E-state index contributed by atoms with van der Waals surface area (Å²) in [6.45, 7) is 0. The van der Waals surface area contributed by atoms with Gasteiger partial charge in [0.15, 0.2) is 0 Å². The Bertz CT molecular complexity index is 389. The van der Waals surface area contributed by atoms with Crippen LogP contribution >= 0.6 is 15.9 Å². The number of carbonyl (C=O) groups is 2. The molecule has 3 nitrogen and oxygen atoms in total. The van der Waals surface area contributed by atoms with Crippen LogP contribution in [0.3, 0.4) is 0 Å². The summed E-state index contributed by atoms with van der Waals surface area (Å²) in [4.78, 5) is 22.3. The van der Waals surface area contributed by atoms with E-state index in [2.05, 4.69) is 21.2 Å². The fourth-order valence-corrected chi connectivity index (χ4v) is 1.96. The molecule has 0 atom stereocenters. The Hall–Kier alpha value is -0.0561. The first-order chi connectivity index (χ1) is 7.15. The molecule has 1 fully saturated rings. The Morgan fingerprint density at radius 1 is 1.06 bits per heavy atom. The van der Waals surface area contributed by atoms with Gasteiger partial charge in [-0.3, -0.25) is 0 Å². The second kappa shape index (κ2) is 6.03. The van der Waals surface area contributed by atoms with Crippen LogP contribution in [-0.4, -0.2) is 11.8 Å². The zero-order chi connectivity index (χ0) is 10.8. The van der Waals surface area contributed by atoms with Gasteiger partial charge in [-0.15, -0.1) is 0 Å². The van der Waals surface area contributed by atoms with Crippen molar-refractivity contribution in [3.05, 3.63) is 39.6 Å². The minimum absolute atomic E-state index is 0. The number of halogens is 1. The summed E-state index contributed by atoms with van der Waals surface area (Å²) in [5.74, 6) is -0.617. The first-order valence-electron chi connectivity index (χ1n) is 4.68. The molecule has 1 saturated heterocycles. The van der Waals surface area contributed by atoms with Gasteiger partial charge >= 0.3 is 0 Å². The van der Waals surface area contributed by atoms with E-state index in [0.29, 0.717) is 12.8 Å². The van der Waals surface area contributed by atoms with Crippen molar-refractivity contribution in [3.8, 4) is 0 Å². The van der Waals surface area contributed by atoms with Gasteiger partial charge in [0.05, 0.1) is 11.8 Å². The quantitative estimate of drug-likeness (QED) is 0.727. The number of nitrogens with zero attached hydrogens (tertiary/aromatic N) is 1. The van der Waals surface area contributed by atoms with Gasteiger partial charge in [-0.2, -0.15) is 0 Å². The SMILES string of the molecule is O=C1CC(c2ccc(Br)cc2)CC(=O)[N-]1.[Y]. The average molecular weight is 356 g/mol. The maximum atomic E-state index is 11.1. The van der Waals surface area contributed by atoms with Crippen molar-refractivity contribution in [1.29, 1.82) is 0 Å². The van der Waals surface area contributed by atoms with Gasteiger partial charge in [0.25, 0.3) is 0 Å². The number of hydrogen-bond donors (Lipinski definition) is 0. The van der Waals surface area contributed by atoms with Gasteiger partial charge in [-0.1, -0.05) is 28.1 Å². The number of hydrogen-bond acceptors (Lipinski definition) is 2. The normalized spacial score (nSPS) is 16.6. The molecule has 0 aliphatic carbocycles. The maximum Gasteiger partial charge on any atom is 0.0571 e. The summed E-state index contributed by atoms with van der Waals surface area (Å²) >= 11 is 3.34. The number of benzene rings is 1. The zero-order valence-electron chi connectivity index (χ0n) is 8.52. The Morgan fingerprint density at radius 3 is 2.06 bits per heavy atom. The van der Waals surface area contributed by atoms with E-state index in [4.69, 9.17) is 0 Å². The first kappa shape index (κ1) is 14.0. The van der Waals surface area contributed by atoms with Crippen molar-refractivity contribution >= 4 is 27.7 Å². The maximum absolute atomic E-state index is 11.1. The molecule has 2 amide bonds. The molecule has 0 aromatic heterocycles. The number of amides is 2. The Labute approximate surface area is 127 Å². The minimum atomic E-state index is -0.306. The fourth-order valence-electron chi connectivity index (χ4n) is 1.69. The van der Waals surface area contributed by atoms with Crippen LogP contribution < -0.4 is 0 Å². The van der Waals surface area contributed by atoms with E-state index >= 15 is 0 Å². The molecule has 81 valence electrons. The van der Waals surface area contributed by atoms with Crippen LogP contribution in [0.4, 0.5) is 0 Å². The molecule has 0 unspecified atom stereocenters. The van der Waals surface area contributed by atoms with E-state index in [1.165, 1.54) is 0 Å². The molecule has 1 aromatic carbocycles. The average Bonchev–Trinajstić information content (AvgIpc) is 2.17. The molecule has 2 rings (SSSR count). The second-order valence-corrected chi connectivity index (χ2v) is 4.47. The molecule has 0 spiro atoms. The molecule has 1 radical (unpaired) electrons. The molecule has 1 aliphatic rings. The predicted octanol–water partition coefficient (Wildman–Crippen LogP) is 2.75. The van der Waals surface area contributed by atoms with Crippen LogP contribution in [0, 0.1) is 0 Å². The number of carbonyl (C=O) groups excluding carboxylic acids is 2. The molecule has 1 aromatic rings. The van der Waals surface area contributed by atoms with E-state index in [1.807, 2.05) is 24.3 Å². The molecule has 5 heteroatoms. The van der Waals surface area contributed by atoms with Gasteiger partial charge in [0.2, 0.25) is 0 Å². The summed E-state index contributed by atoms with van der Waals surface area (Å²) in [5.41, 5.74) is 1.02. The summed E-state index contributed by atoms with van der Waals surface area (Å²) in [6.07, 6.45) is 0.681. The van der Waals surface area contributed by atoms with Gasteiger partial charge in [-0.05, 0) is 36.5 Å². The largest absolute Gasteiger partial charge is 0.596 e. The Kier molecular flexibility index (Phi) is 5.28. The van der Waals surface area contributed by atoms with Gasteiger partial charge < -0.3 is 14.9 Å². The van der Waals surface area contributed by atoms with Crippen molar-refractivity contribution < 1.29 is 42.3 Å². The zero-order valence-corrected chi connectivity index (χ0v) is 12.9. The molecular formula is C11H9BrNO2Y-. The summed E-state index contributed by atoms with van der Waals surface area (Å²) < 4.78 is 0.990. The van der Waals surface area contributed by atoms with Crippen molar-refractivity contribution in [2.75, 3.05) is 0 Å². The molecule has 16 heavy (non-hydrogen) atoms. The summed E-state index contributed by atoms with van der Waals surface area (Å²) in [6, 6.07) is 7.69. The minimum Gasteiger partial charge on any atom is -0.596 e. The standard InChI is InChI=1S/C11H10BrNO2.Y/c12-9-3-1-7(2-4-9)8-5-10(14)13-11(15)6-8;/h1-4,8H,5-6H2,(H,13,14,15);/p-1. The van der Waals surface area contributed by atoms with Crippen molar-refractivity contribution in [2.24, 2.45) is 0 Å². The van der Waals surface area contributed by atoms with E-state index in [9.17, 15) is 9.59 Å². The molecule has 1 aliphatic heterocycles. The van der Waals surface area contributed by atoms with Gasteiger partial charge in [0, 0.05) is 37.2 Å². The third kappa shape index (κ3) is 3.47. The Morgan fingerprint density at radius 2 is 1.56 bits per heavy atom. The third-order valence-corrected chi connectivity index (χ3v) is 2.96. The van der Waals surface area contributed by atoms with Crippen molar-refractivity contribution in [3.63, 3.8) is 0 Å². The van der Waals surface area contributed by atoms with Gasteiger partial charge in [0.1, 0.15) is 0 Å². The van der Waals surface area contributed by atoms with E-state index in [-0.39, 0.29) is 50.4 Å². The van der Waals surface area contributed by atoms with Crippen molar-refractivity contribution in [1.82, 2.24) is 0 Å². The van der Waals surface area contributed by atoms with Gasteiger partial charge in [-0.25, -0.2) is 0 Å². The van der Waals surface area contributed by atoms with Crippen molar-refractivity contribution in [2.45, 2.75) is 18.8 Å². The summed E-state index contributed by atoms with van der Waals surface area (Å²) in [7, 11) is 0. The number of imide groups is 1. The molecule has 0 saturated carbocycles. The van der Waals surface area contributed by atoms with Crippen LogP contribution in [0.2, 0.25) is 0 Å². The molecule has 1 heterocycles. The third-order valence-electron chi connectivity index (χ3n) is 2.43. The van der Waals surface area contributed by atoms with E-state index in [1.54, 1.807) is 0 Å². The molecular weight excluding hydrogens is 347 g/mol. The monoisotopic (exact) mass is 355 g/mol. The molecule has 0 N–H and O–H groups in total. The van der Waals surface area contributed by atoms with E-state index in [0.717, 1.165) is 10.0 Å². The Balaban J connectivity index is 0.00000128. The summed E-state index contributed by atoms with van der Waals surface area (Å²) in [5, 5.41) is 3.39. The number of piperidine rings is 1. The van der Waals surface area contributed by atoms with Crippen LogP contribution in [0.5, 0.6) is 0 Å². The fraction of sp³-hybridized carbons (Fsp3) is 0.273. The predicted molar refractivity (Wildman–Crippen MR) is 59.5 cm³/mol. The number of rotatable bonds is 1. The second-order valence-electron chi connectivity index (χ2n) is 3.56. The van der Waals surface area contributed by atoms with Crippen LogP contribution in [-0.2, 0) is 42.3 Å². The van der Waals surface area contributed by atoms with Crippen LogP contribution in [0.25, 0.3) is 5.32 Å².